The molecule has 124 valence electrons. The van der Waals surface area contributed by atoms with Crippen molar-refractivity contribution in [2.24, 2.45) is 0 Å². The predicted octanol–water partition coefficient (Wildman–Crippen LogP) is 2.02. The summed E-state index contributed by atoms with van der Waals surface area (Å²) in [4.78, 5) is 0. The van der Waals surface area contributed by atoms with Crippen molar-refractivity contribution in [3.63, 3.8) is 0 Å². The maximum atomic E-state index is 10.5. The van der Waals surface area contributed by atoms with E-state index in [2.05, 4.69) is 0 Å². The van der Waals surface area contributed by atoms with E-state index >= 15 is 0 Å². The number of ether oxygens (including phenoxy) is 4. The summed E-state index contributed by atoms with van der Waals surface area (Å²) in [6.07, 6.45) is -0.263. The van der Waals surface area contributed by atoms with Gasteiger partial charge in [-0.1, -0.05) is 30.3 Å². The third-order valence-corrected chi connectivity index (χ3v) is 3.52. The second-order valence-electron chi connectivity index (χ2n) is 5.79. The highest BCUT2D eigenvalue weighted by Crippen LogP contribution is 2.26. The van der Waals surface area contributed by atoms with Crippen molar-refractivity contribution in [2.45, 2.75) is 38.3 Å². The van der Waals surface area contributed by atoms with Crippen molar-refractivity contribution in [1.82, 2.24) is 5.06 Å². The normalized spacial score (nSPS) is 22.1. The lowest BCUT2D eigenvalue weighted by molar-refractivity contribution is -0.205. The smallest absolute Gasteiger partial charge is 0.163 e. The number of methoxy groups -OCH3 is 1. The molecule has 6 heteroatoms. The summed E-state index contributed by atoms with van der Waals surface area (Å²) in [5.74, 6) is -0.641. The van der Waals surface area contributed by atoms with Crippen molar-refractivity contribution in [2.75, 3.05) is 27.1 Å². The van der Waals surface area contributed by atoms with Crippen LogP contribution in [0.1, 0.15) is 19.4 Å². The number of benzene rings is 1. The molecule has 6 nitrogen and oxygen atoms in total. The van der Waals surface area contributed by atoms with Crippen LogP contribution in [0.2, 0.25) is 0 Å². The van der Waals surface area contributed by atoms with Crippen LogP contribution < -0.4 is 0 Å². The van der Waals surface area contributed by atoms with E-state index in [1.807, 2.05) is 44.2 Å². The Balaban J connectivity index is 1.99. The molecule has 0 spiro atoms. The highest BCUT2D eigenvalue weighted by Gasteiger charge is 2.39. The van der Waals surface area contributed by atoms with E-state index in [-0.39, 0.29) is 18.9 Å². The van der Waals surface area contributed by atoms with Crippen molar-refractivity contribution in [3.05, 3.63) is 35.9 Å². The maximum Gasteiger partial charge on any atom is 0.163 e. The largest absolute Gasteiger partial charge is 0.359 e. The van der Waals surface area contributed by atoms with E-state index in [1.54, 1.807) is 7.11 Å². The fourth-order valence-corrected chi connectivity index (χ4v) is 2.43. The van der Waals surface area contributed by atoms with Crippen LogP contribution in [0.5, 0.6) is 0 Å². The highest BCUT2D eigenvalue weighted by molar-refractivity contribution is 5.14. The first-order valence-corrected chi connectivity index (χ1v) is 7.40. The Kier molecular flexibility index (Phi) is 6.31. The average Bonchev–Trinajstić information content (AvgIpc) is 2.84. The number of rotatable bonds is 8. The molecule has 0 bridgehead atoms. The van der Waals surface area contributed by atoms with Crippen LogP contribution in [-0.4, -0.2) is 55.3 Å². The monoisotopic (exact) mass is 311 g/mol. The fraction of sp³-hybridized carbons (Fsp3) is 0.625. The summed E-state index contributed by atoms with van der Waals surface area (Å²) < 4.78 is 21.8. The molecule has 0 radical (unpaired) electrons. The second kappa shape index (κ2) is 8.01. The van der Waals surface area contributed by atoms with Crippen LogP contribution in [0.4, 0.5) is 0 Å². The summed E-state index contributed by atoms with van der Waals surface area (Å²) in [5.41, 5.74) is 1.01. The second-order valence-corrected chi connectivity index (χ2v) is 5.79. The lowest BCUT2D eigenvalue weighted by Crippen LogP contribution is -2.46. The van der Waals surface area contributed by atoms with E-state index in [9.17, 15) is 5.21 Å². The first kappa shape index (κ1) is 17.3. The van der Waals surface area contributed by atoms with Crippen LogP contribution in [0.25, 0.3) is 0 Å². The van der Waals surface area contributed by atoms with Gasteiger partial charge in [0, 0.05) is 13.7 Å². The van der Waals surface area contributed by atoms with E-state index in [0.717, 1.165) is 5.56 Å². The molecule has 0 amide bonds. The van der Waals surface area contributed by atoms with Crippen molar-refractivity contribution in [3.8, 4) is 0 Å². The summed E-state index contributed by atoms with van der Waals surface area (Å²) >= 11 is 0. The molecule has 1 aliphatic rings. The number of hydrogen-bond donors (Lipinski definition) is 1. The molecule has 0 aliphatic carbocycles. The van der Waals surface area contributed by atoms with Gasteiger partial charge in [0.05, 0.1) is 19.3 Å². The summed E-state index contributed by atoms with van der Waals surface area (Å²) in [6, 6.07) is 9.42. The topological polar surface area (TPSA) is 60.4 Å². The predicted molar refractivity (Wildman–Crippen MR) is 80.3 cm³/mol. The summed E-state index contributed by atoms with van der Waals surface area (Å²) in [6.45, 7) is 4.99. The molecule has 0 unspecified atom stereocenters. The Morgan fingerprint density at radius 3 is 2.68 bits per heavy atom. The quantitative estimate of drug-likeness (QED) is 0.450. The van der Waals surface area contributed by atoms with E-state index in [0.29, 0.717) is 19.8 Å². The molecule has 2 atom stereocenters. The molecule has 1 aromatic rings. The summed E-state index contributed by atoms with van der Waals surface area (Å²) in [5, 5.41) is 11.7. The Bertz CT molecular complexity index is 439. The first-order chi connectivity index (χ1) is 10.5. The van der Waals surface area contributed by atoms with Crippen LogP contribution in [0, 0.1) is 0 Å². The minimum Gasteiger partial charge on any atom is -0.359 e. The van der Waals surface area contributed by atoms with Crippen molar-refractivity contribution < 1.29 is 24.2 Å². The maximum absolute atomic E-state index is 10.5. The Hall–Kier alpha value is -1.02. The van der Waals surface area contributed by atoms with Gasteiger partial charge in [-0.2, -0.15) is 5.06 Å². The van der Waals surface area contributed by atoms with Gasteiger partial charge in [-0.15, -0.1) is 0 Å². The van der Waals surface area contributed by atoms with Gasteiger partial charge in [0.1, 0.15) is 12.9 Å². The van der Waals surface area contributed by atoms with E-state index < -0.39 is 5.79 Å². The zero-order valence-corrected chi connectivity index (χ0v) is 13.4. The molecule has 0 aromatic heterocycles. The van der Waals surface area contributed by atoms with Gasteiger partial charge >= 0.3 is 0 Å². The first-order valence-electron chi connectivity index (χ1n) is 7.40. The van der Waals surface area contributed by atoms with Gasteiger partial charge in [-0.05, 0) is 19.4 Å². The van der Waals surface area contributed by atoms with Gasteiger partial charge in [0.15, 0.2) is 5.79 Å². The SMILES string of the molecule is COCOC[C@H]([C@H]1COC(C)(C)O1)N(O)Cc1ccccc1. The minimum absolute atomic E-state index is 0.173. The van der Waals surface area contributed by atoms with Gasteiger partial charge in [0.2, 0.25) is 0 Å². The molecule has 1 fully saturated rings. The molecule has 0 saturated carbocycles. The fourth-order valence-electron chi connectivity index (χ4n) is 2.43. The number of hydrogen-bond acceptors (Lipinski definition) is 6. The standard InChI is InChI=1S/C16H25NO5/c1-16(2)21-11-15(22-16)14(10-20-12-19-3)17(18)9-13-7-5-4-6-8-13/h4-8,14-15,18H,9-12H2,1-3H3/t14-,15-/m1/s1. The zero-order valence-electron chi connectivity index (χ0n) is 13.4. The molecule has 1 N–H and O–H groups in total. The Morgan fingerprint density at radius 1 is 1.36 bits per heavy atom. The van der Waals surface area contributed by atoms with Crippen LogP contribution in [0.15, 0.2) is 30.3 Å². The lowest BCUT2D eigenvalue weighted by atomic mass is 10.1. The zero-order chi connectivity index (χ0) is 16.0. The molecule has 22 heavy (non-hydrogen) atoms. The van der Waals surface area contributed by atoms with Gasteiger partial charge < -0.3 is 24.2 Å². The van der Waals surface area contributed by atoms with Gasteiger partial charge in [0.25, 0.3) is 0 Å². The summed E-state index contributed by atoms with van der Waals surface area (Å²) in [7, 11) is 1.56. The lowest BCUT2D eigenvalue weighted by Gasteiger charge is -2.30. The molecular formula is C16H25NO5. The molecule has 1 heterocycles. The Labute approximate surface area is 131 Å². The third-order valence-electron chi connectivity index (χ3n) is 3.52. The molecule has 1 aromatic carbocycles. The number of nitrogens with zero attached hydrogens (tertiary/aromatic N) is 1. The molecular weight excluding hydrogens is 286 g/mol. The highest BCUT2D eigenvalue weighted by atomic mass is 16.7. The van der Waals surface area contributed by atoms with Crippen molar-refractivity contribution >= 4 is 0 Å². The molecule has 1 aliphatic heterocycles. The minimum atomic E-state index is -0.641. The third kappa shape index (κ3) is 5.01. The molecule has 1 saturated heterocycles. The Morgan fingerprint density at radius 2 is 2.09 bits per heavy atom. The van der Waals surface area contributed by atoms with Crippen LogP contribution in [0.3, 0.4) is 0 Å². The van der Waals surface area contributed by atoms with Crippen LogP contribution >= 0.6 is 0 Å². The van der Waals surface area contributed by atoms with Gasteiger partial charge in [-0.25, -0.2) is 0 Å². The average molecular weight is 311 g/mol. The van der Waals surface area contributed by atoms with E-state index in [1.165, 1.54) is 5.06 Å². The van der Waals surface area contributed by atoms with Gasteiger partial charge in [-0.3, -0.25) is 0 Å². The molecule has 2 rings (SSSR count). The number of hydroxylamine groups is 2. The van der Waals surface area contributed by atoms with Crippen molar-refractivity contribution in [1.29, 1.82) is 0 Å². The van der Waals surface area contributed by atoms with E-state index in [4.69, 9.17) is 18.9 Å². The van der Waals surface area contributed by atoms with Crippen LogP contribution in [-0.2, 0) is 25.5 Å².